The van der Waals surface area contributed by atoms with Crippen LogP contribution in [0.15, 0.2) is 0 Å². The van der Waals surface area contributed by atoms with E-state index in [2.05, 4.69) is 20.8 Å². The SMILES string of the molecule is CCCCC1CCCCC1(CCCC)CCCC.OP(O)O. The van der Waals surface area contributed by atoms with Crippen LogP contribution >= 0.6 is 8.60 Å². The largest absolute Gasteiger partial charge is 0.328 e. The predicted molar refractivity (Wildman–Crippen MR) is 96.5 cm³/mol. The van der Waals surface area contributed by atoms with E-state index in [-0.39, 0.29) is 0 Å². The molecule has 1 fully saturated rings. The Kier molecular flexibility index (Phi) is 13.9. The summed E-state index contributed by atoms with van der Waals surface area (Å²) in [4.78, 5) is 21.7. The van der Waals surface area contributed by atoms with Gasteiger partial charge in [0.1, 0.15) is 0 Å². The lowest BCUT2D eigenvalue weighted by Gasteiger charge is -2.45. The smallest absolute Gasteiger partial charge is 0.324 e. The standard InChI is InChI=1S/C18H36.H3O3P/c1-4-7-12-17-13-10-11-16-18(17,14-8-5-2)15-9-6-3;1-4(2)3/h17H,4-16H2,1-3H3;1-3H. The van der Waals surface area contributed by atoms with Gasteiger partial charge in [-0.2, -0.15) is 0 Å². The first-order valence-corrected chi connectivity index (χ1v) is 10.6. The van der Waals surface area contributed by atoms with Crippen molar-refractivity contribution in [2.75, 3.05) is 0 Å². The maximum absolute atomic E-state index is 7.23. The van der Waals surface area contributed by atoms with Crippen LogP contribution in [0.3, 0.4) is 0 Å². The molecule has 3 nitrogen and oxygen atoms in total. The fourth-order valence-corrected chi connectivity index (χ4v) is 4.12. The van der Waals surface area contributed by atoms with Gasteiger partial charge < -0.3 is 14.7 Å². The first-order chi connectivity index (χ1) is 10.5. The second kappa shape index (κ2) is 13.7. The first kappa shape index (κ1) is 22.3. The molecule has 1 aliphatic carbocycles. The van der Waals surface area contributed by atoms with Gasteiger partial charge in [0.15, 0.2) is 0 Å². The van der Waals surface area contributed by atoms with Gasteiger partial charge in [-0.3, -0.25) is 0 Å². The minimum atomic E-state index is -2.62. The maximum atomic E-state index is 7.23. The van der Waals surface area contributed by atoms with Crippen molar-refractivity contribution >= 4 is 8.60 Å². The van der Waals surface area contributed by atoms with Crippen LogP contribution in [0, 0.1) is 11.3 Å². The van der Waals surface area contributed by atoms with Crippen molar-refractivity contribution in [3.05, 3.63) is 0 Å². The predicted octanol–water partition coefficient (Wildman–Crippen LogP) is 5.92. The van der Waals surface area contributed by atoms with Gasteiger partial charge in [0.25, 0.3) is 0 Å². The highest BCUT2D eigenvalue weighted by Crippen LogP contribution is 2.50. The Hall–Kier alpha value is 0.310. The molecule has 0 heterocycles. The lowest BCUT2D eigenvalue weighted by molar-refractivity contribution is 0.0581. The van der Waals surface area contributed by atoms with E-state index in [1.165, 1.54) is 77.0 Å². The summed E-state index contributed by atoms with van der Waals surface area (Å²) < 4.78 is 0. The van der Waals surface area contributed by atoms with Crippen LogP contribution in [0.1, 0.15) is 104 Å². The normalized spacial score (nSPS) is 20.6. The minimum absolute atomic E-state index is 0.749. The van der Waals surface area contributed by atoms with Crippen molar-refractivity contribution in [2.24, 2.45) is 11.3 Å². The molecule has 4 heteroatoms. The van der Waals surface area contributed by atoms with E-state index in [1.807, 2.05) is 0 Å². The van der Waals surface area contributed by atoms with Gasteiger partial charge in [0.05, 0.1) is 0 Å². The van der Waals surface area contributed by atoms with Gasteiger partial charge in [0.2, 0.25) is 0 Å². The number of hydrogen-bond donors (Lipinski definition) is 3. The van der Waals surface area contributed by atoms with Gasteiger partial charge in [-0.25, -0.2) is 0 Å². The zero-order valence-electron chi connectivity index (χ0n) is 15.1. The molecule has 0 amide bonds. The van der Waals surface area contributed by atoms with Crippen LogP contribution in [-0.4, -0.2) is 14.7 Å². The molecule has 134 valence electrons. The molecule has 3 N–H and O–H groups in total. The first-order valence-electron chi connectivity index (χ1n) is 9.39. The molecular formula is C18H39O3P. The Morgan fingerprint density at radius 2 is 1.36 bits per heavy atom. The molecular weight excluding hydrogens is 295 g/mol. The Balaban J connectivity index is 0.000000980. The second-order valence-corrected chi connectivity index (χ2v) is 7.46. The Morgan fingerprint density at radius 1 is 0.864 bits per heavy atom. The molecule has 0 aromatic carbocycles. The third kappa shape index (κ3) is 9.45. The average Bonchev–Trinajstić information content (AvgIpc) is 2.49. The molecule has 1 unspecified atom stereocenters. The summed E-state index contributed by atoms with van der Waals surface area (Å²) >= 11 is 0. The summed E-state index contributed by atoms with van der Waals surface area (Å²) in [5.41, 5.74) is 0.749. The maximum Gasteiger partial charge on any atom is 0.324 e. The molecule has 0 spiro atoms. The molecule has 1 aliphatic rings. The summed E-state index contributed by atoms with van der Waals surface area (Å²) in [6.45, 7) is 7.07. The van der Waals surface area contributed by atoms with E-state index >= 15 is 0 Å². The van der Waals surface area contributed by atoms with Crippen molar-refractivity contribution in [1.29, 1.82) is 0 Å². The molecule has 0 aromatic rings. The van der Waals surface area contributed by atoms with E-state index in [0.29, 0.717) is 0 Å². The van der Waals surface area contributed by atoms with Gasteiger partial charge in [-0.05, 0) is 43.4 Å². The van der Waals surface area contributed by atoms with E-state index in [4.69, 9.17) is 14.7 Å². The van der Waals surface area contributed by atoms with Crippen molar-refractivity contribution < 1.29 is 14.7 Å². The summed E-state index contributed by atoms with van der Waals surface area (Å²) in [5.74, 6) is 1.06. The van der Waals surface area contributed by atoms with Crippen molar-refractivity contribution in [1.82, 2.24) is 0 Å². The van der Waals surface area contributed by atoms with Crippen LogP contribution in [0.5, 0.6) is 0 Å². The number of rotatable bonds is 9. The van der Waals surface area contributed by atoms with Crippen LogP contribution in [0.4, 0.5) is 0 Å². The molecule has 0 bridgehead atoms. The number of unbranched alkanes of at least 4 members (excludes halogenated alkanes) is 3. The monoisotopic (exact) mass is 334 g/mol. The third-order valence-corrected chi connectivity index (χ3v) is 5.31. The molecule has 0 radical (unpaired) electrons. The molecule has 22 heavy (non-hydrogen) atoms. The Morgan fingerprint density at radius 3 is 1.82 bits per heavy atom. The summed E-state index contributed by atoms with van der Waals surface area (Å²) in [5, 5.41) is 0. The van der Waals surface area contributed by atoms with Crippen LogP contribution in [0.2, 0.25) is 0 Å². The van der Waals surface area contributed by atoms with Gasteiger partial charge in [-0.15, -0.1) is 0 Å². The topological polar surface area (TPSA) is 60.7 Å². The third-order valence-electron chi connectivity index (χ3n) is 5.31. The zero-order chi connectivity index (χ0) is 16.8. The average molecular weight is 334 g/mol. The zero-order valence-corrected chi connectivity index (χ0v) is 16.0. The summed E-state index contributed by atoms with van der Waals surface area (Å²) in [6.07, 6.45) is 19.2. The highest BCUT2D eigenvalue weighted by atomic mass is 31.2. The molecule has 1 atom stereocenters. The van der Waals surface area contributed by atoms with Gasteiger partial charge in [-0.1, -0.05) is 72.1 Å². The van der Waals surface area contributed by atoms with Crippen molar-refractivity contribution in [3.8, 4) is 0 Å². The minimum Gasteiger partial charge on any atom is -0.328 e. The fraction of sp³-hybridized carbons (Fsp3) is 1.00. The fourth-order valence-electron chi connectivity index (χ4n) is 4.12. The molecule has 1 rings (SSSR count). The molecule has 1 saturated carbocycles. The van der Waals surface area contributed by atoms with Crippen LogP contribution in [-0.2, 0) is 0 Å². The van der Waals surface area contributed by atoms with Crippen LogP contribution in [0.25, 0.3) is 0 Å². The lowest BCUT2D eigenvalue weighted by atomic mass is 9.60. The van der Waals surface area contributed by atoms with E-state index in [1.54, 1.807) is 6.42 Å². The molecule has 0 aromatic heterocycles. The Labute approximate surface area is 139 Å². The highest BCUT2D eigenvalue weighted by Gasteiger charge is 2.38. The number of hydrogen-bond acceptors (Lipinski definition) is 3. The molecule has 0 aliphatic heterocycles. The summed E-state index contributed by atoms with van der Waals surface area (Å²) in [6, 6.07) is 0. The Bertz CT molecular complexity index is 236. The van der Waals surface area contributed by atoms with E-state index in [0.717, 1.165) is 11.3 Å². The summed E-state index contributed by atoms with van der Waals surface area (Å²) in [7, 11) is -2.62. The lowest BCUT2D eigenvalue weighted by Crippen LogP contribution is -2.34. The molecule has 0 saturated heterocycles. The van der Waals surface area contributed by atoms with Gasteiger partial charge in [0, 0.05) is 0 Å². The van der Waals surface area contributed by atoms with Crippen molar-refractivity contribution in [2.45, 2.75) is 104 Å². The van der Waals surface area contributed by atoms with E-state index in [9.17, 15) is 0 Å². The van der Waals surface area contributed by atoms with E-state index < -0.39 is 8.60 Å². The van der Waals surface area contributed by atoms with Crippen molar-refractivity contribution in [3.63, 3.8) is 0 Å². The quantitative estimate of drug-likeness (QED) is 0.458. The van der Waals surface area contributed by atoms with Crippen LogP contribution < -0.4 is 0 Å². The second-order valence-electron chi connectivity index (χ2n) is 6.92. The highest BCUT2D eigenvalue weighted by molar-refractivity contribution is 7.38. The van der Waals surface area contributed by atoms with Gasteiger partial charge >= 0.3 is 8.60 Å².